The highest BCUT2D eigenvalue weighted by Crippen LogP contribution is 2.25. The van der Waals surface area contributed by atoms with E-state index < -0.39 is 10.9 Å². The Kier molecular flexibility index (Phi) is 9.69. The molecule has 2 rings (SSSR count). The number of nitrogens with zero attached hydrogens (tertiary/aromatic N) is 1. The number of aromatic nitrogens is 2. The predicted molar refractivity (Wildman–Crippen MR) is 111 cm³/mol. The van der Waals surface area contributed by atoms with Crippen LogP contribution in [-0.2, 0) is 20.8 Å². The van der Waals surface area contributed by atoms with Gasteiger partial charge in [0.25, 0.3) is 0 Å². The number of nitrogens with one attached hydrogen (secondary N) is 2. The molecular weight excluding hydrogens is 394 g/mol. The molecule has 1 atom stereocenters. The summed E-state index contributed by atoms with van der Waals surface area (Å²) in [4.78, 5) is 30.8. The third-order valence-corrected chi connectivity index (χ3v) is 5.48. The number of carbonyl (C=O) groups excluding carboxylic acids is 1. The molecule has 0 aliphatic rings. The van der Waals surface area contributed by atoms with Gasteiger partial charge in [0, 0.05) is 26.5 Å². The lowest BCUT2D eigenvalue weighted by atomic mass is 10.2. The average molecular weight is 422 g/mol. The molecule has 8 nitrogen and oxygen atoms in total. The maximum absolute atomic E-state index is 12.8. The van der Waals surface area contributed by atoms with Gasteiger partial charge in [-0.2, -0.15) is 0 Å². The van der Waals surface area contributed by atoms with Crippen molar-refractivity contribution in [3.05, 3.63) is 52.1 Å². The van der Waals surface area contributed by atoms with E-state index in [1.165, 1.54) is 18.0 Å². The minimum atomic E-state index is -0.438. The number of benzene rings is 1. The van der Waals surface area contributed by atoms with Crippen molar-refractivity contribution in [2.75, 3.05) is 34.0 Å². The summed E-state index contributed by atoms with van der Waals surface area (Å²) in [7, 11) is 3.22. The number of methoxy groups -OCH3 is 2. The second-order valence-corrected chi connectivity index (χ2v) is 7.48. The summed E-state index contributed by atoms with van der Waals surface area (Å²) in [5.74, 6) is 0.636. The first-order valence-electron chi connectivity index (χ1n) is 9.23. The number of amides is 1. The van der Waals surface area contributed by atoms with E-state index in [-0.39, 0.29) is 5.91 Å². The molecule has 1 amide bonds. The van der Waals surface area contributed by atoms with Crippen LogP contribution in [0, 0.1) is 6.92 Å². The molecule has 9 heteroatoms. The average Bonchev–Trinajstić information content (AvgIpc) is 2.73. The van der Waals surface area contributed by atoms with Crippen LogP contribution >= 0.6 is 11.8 Å². The van der Waals surface area contributed by atoms with Crippen LogP contribution in [0.3, 0.4) is 0 Å². The maximum atomic E-state index is 12.8. The zero-order valence-corrected chi connectivity index (χ0v) is 17.7. The van der Waals surface area contributed by atoms with Crippen LogP contribution in [0.25, 0.3) is 0 Å². The van der Waals surface area contributed by atoms with Crippen LogP contribution in [-0.4, -0.2) is 55.2 Å². The molecule has 1 heterocycles. The van der Waals surface area contributed by atoms with Gasteiger partial charge in [-0.1, -0.05) is 23.9 Å². The third kappa shape index (κ3) is 7.88. The molecule has 2 aromatic rings. The fourth-order valence-corrected chi connectivity index (χ4v) is 3.51. The van der Waals surface area contributed by atoms with Gasteiger partial charge in [-0.3, -0.25) is 4.79 Å². The smallest absolute Gasteiger partial charge is 0.345 e. The van der Waals surface area contributed by atoms with E-state index in [9.17, 15) is 9.59 Å². The number of carbonyl (C=O) groups is 1. The Morgan fingerprint density at radius 1 is 1.21 bits per heavy atom. The van der Waals surface area contributed by atoms with Crippen LogP contribution < -0.4 is 15.7 Å². The van der Waals surface area contributed by atoms with Gasteiger partial charge in [-0.25, -0.2) is 9.78 Å². The molecular formula is C20H27N3O5S. The molecule has 0 fully saturated rings. The molecule has 0 aliphatic carbocycles. The van der Waals surface area contributed by atoms with Gasteiger partial charge >= 0.3 is 5.69 Å². The van der Waals surface area contributed by atoms with Crippen LogP contribution in [0.4, 0.5) is 0 Å². The summed E-state index contributed by atoms with van der Waals surface area (Å²) < 4.78 is 15.6. The van der Waals surface area contributed by atoms with Crippen LogP contribution in [0.1, 0.15) is 17.5 Å². The Morgan fingerprint density at radius 3 is 2.66 bits per heavy atom. The van der Waals surface area contributed by atoms with Crippen molar-refractivity contribution >= 4 is 17.7 Å². The van der Waals surface area contributed by atoms with Gasteiger partial charge in [-0.05, 0) is 36.6 Å². The van der Waals surface area contributed by atoms with Crippen LogP contribution in [0.5, 0.6) is 5.75 Å². The number of aromatic amines is 1. The van der Waals surface area contributed by atoms with Crippen LogP contribution in [0.2, 0.25) is 0 Å². The minimum absolute atomic E-state index is 0.127. The zero-order valence-electron chi connectivity index (χ0n) is 16.9. The largest absolute Gasteiger partial charge is 0.497 e. The number of ether oxygens (including phenoxy) is 3. The minimum Gasteiger partial charge on any atom is -0.497 e. The number of thioether (sulfide) groups is 1. The molecule has 1 aromatic carbocycles. The second kappa shape index (κ2) is 12.3. The Bertz CT molecular complexity index is 826. The molecule has 2 N–H and O–H groups in total. The summed E-state index contributed by atoms with van der Waals surface area (Å²) >= 11 is 1.30. The van der Waals surface area contributed by atoms with E-state index in [2.05, 4.69) is 15.3 Å². The summed E-state index contributed by atoms with van der Waals surface area (Å²) in [5.41, 5.74) is 1.34. The lowest BCUT2D eigenvalue weighted by molar-refractivity contribution is -0.121. The molecule has 1 unspecified atom stereocenters. The molecule has 0 saturated heterocycles. The number of aryl methyl sites for hydroxylation is 1. The third-order valence-electron chi connectivity index (χ3n) is 4.09. The molecule has 158 valence electrons. The Labute approximate surface area is 174 Å². The molecule has 0 bridgehead atoms. The molecule has 0 saturated carbocycles. The van der Waals surface area contributed by atoms with Gasteiger partial charge in [0.1, 0.15) is 5.75 Å². The Balaban J connectivity index is 2.00. The van der Waals surface area contributed by atoms with E-state index in [0.29, 0.717) is 37.8 Å². The molecule has 29 heavy (non-hydrogen) atoms. The van der Waals surface area contributed by atoms with Gasteiger partial charge < -0.3 is 24.5 Å². The number of H-pyrrole nitrogens is 1. The first-order valence-corrected chi connectivity index (χ1v) is 10.1. The van der Waals surface area contributed by atoms with Crippen molar-refractivity contribution < 1.29 is 19.0 Å². The molecule has 0 radical (unpaired) electrons. The highest BCUT2D eigenvalue weighted by Gasteiger charge is 2.21. The van der Waals surface area contributed by atoms with Crippen molar-refractivity contribution in [2.45, 2.75) is 30.2 Å². The fraction of sp³-hybridized carbons (Fsp3) is 0.450. The SMILES string of the molecule is COCCOCCC(Sc1[nH]c(=O)ncc1C)C(=O)NCc1ccc(OC)cc1. The normalized spacial score (nSPS) is 11.8. The lowest BCUT2D eigenvalue weighted by Gasteiger charge is -2.17. The number of hydrogen-bond donors (Lipinski definition) is 2. The van der Waals surface area contributed by atoms with E-state index >= 15 is 0 Å². The Morgan fingerprint density at radius 2 is 1.97 bits per heavy atom. The van der Waals surface area contributed by atoms with E-state index in [4.69, 9.17) is 14.2 Å². The zero-order chi connectivity index (χ0) is 21.1. The van der Waals surface area contributed by atoms with Gasteiger partial charge in [0.2, 0.25) is 5.91 Å². The van der Waals surface area contributed by atoms with Gasteiger partial charge in [-0.15, -0.1) is 0 Å². The topological polar surface area (TPSA) is 103 Å². The monoisotopic (exact) mass is 421 g/mol. The number of hydrogen-bond acceptors (Lipinski definition) is 7. The maximum Gasteiger partial charge on any atom is 0.345 e. The molecule has 0 aliphatic heterocycles. The van der Waals surface area contributed by atoms with Gasteiger partial charge in [0.15, 0.2) is 0 Å². The number of rotatable bonds is 12. The summed E-state index contributed by atoms with van der Waals surface area (Å²) in [6.07, 6.45) is 2.00. The van der Waals surface area contributed by atoms with Crippen molar-refractivity contribution in [1.29, 1.82) is 0 Å². The van der Waals surface area contributed by atoms with Crippen molar-refractivity contribution in [2.24, 2.45) is 0 Å². The second-order valence-electron chi connectivity index (χ2n) is 6.27. The van der Waals surface area contributed by atoms with E-state index in [1.807, 2.05) is 31.2 Å². The van der Waals surface area contributed by atoms with Crippen LogP contribution in [0.15, 0.2) is 40.3 Å². The lowest BCUT2D eigenvalue weighted by Crippen LogP contribution is -2.33. The predicted octanol–water partition coefficient (Wildman–Crippen LogP) is 1.92. The first kappa shape index (κ1) is 22.9. The summed E-state index contributed by atoms with van der Waals surface area (Å²) in [5, 5.41) is 3.16. The van der Waals surface area contributed by atoms with Crippen molar-refractivity contribution in [1.82, 2.24) is 15.3 Å². The first-order chi connectivity index (χ1) is 14.0. The van der Waals surface area contributed by atoms with Gasteiger partial charge in [0.05, 0.1) is 30.6 Å². The standard InChI is InChI=1S/C20H27N3O5S/c1-14-12-22-20(25)23-19(14)29-17(8-9-28-11-10-26-2)18(24)21-13-15-4-6-16(27-3)7-5-15/h4-7,12,17H,8-11,13H2,1-3H3,(H,21,24)(H,22,23,25). The molecule has 1 aromatic heterocycles. The molecule has 0 spiro atoms. The Hall–Kier alpha value is -2.36. The summed E-state index contributed by atoms with van der Waals surface area (Å²) in [6, 6.07) is 7.50. The fourth-order valence-electron chi connectivity index (χ4n) is 2.43. The van der Waals surface area contributed by atoms with Crippen molar-refractivity contribution in [3.63, 3.8) is 0 Å². The van der Waals surface area contributed by atoms with Crippen molar-refractivity contribution in [3.8, 4) is 5.75 Å². The van der Waals surface area contributed by atoms with E-state index in [1.54, 1.807) is 14.2 Å². The quantitative estimate of drug-likeness (QED) is 0.307. The highest BCUT2D eigenvalue weighted by atomic mass is 32.2. The van der Waals surface area contributed by atoms with E-state index in [0.717, 1.165) is 16.9 Å². The highest BCUT2D eigenvalue weighted by molar-refractivity contribution is 8.00. The summed E-state index contributed by atoms with van der Waals surface area (Å²) in [6.45, 7) is 3.61.